The Morgan fingerprint density at radius 1 is 1.14 bits per heavy atom. The summed E-state index contributed by atoms with van der Waals surface area (Å²) < 4.78 is 0. The van der Waals surface area contributed by atoms with E-state index < -0.39 is 0 Å². The summed E-state index contributed by atoms with van der Waals surface area (Å²) in [5.74, 6) is 3.02. The summed E-state index contributed by atoms with van der Waals surface area (Å²) >= 11 is 1.74. The average Bonchev–Trinajstić information content (AvgIpc) is 2.98. The van der Waals surface area contributed by atoms with Gasteiger partial charge in [0.25, 0.3) is 0 Å². The fourth-order valence-electron chi connectivity index (χ4n) is 1.93. The molecule has 4 nitrogen and oxygen atoms in total. The number of nitrogens with zero attached hydrogens (tertiary/aromatic N) is 2. The Kier molecular flexibility index (Phi) is 5.99. The van der Waals surface area contributed by atoms with Gasteiger partial charge in [-0.2, -0.15) is 11.3 Å². The van der Waals surface area contributed by atoms with Crippen LogP contribution in [-0.4, -0.2) is 23.1 Å². The van der Waals surface area contributed by atoms with Gasteiger partial charge < -0.3 is 10.6 Å². The van der Waals surface area contributed by atoms with Crippen LogP contribution in [0.1, 0.15) is 44.5 Å². The first-order valence-corrected chi connectivity index (χ1v) is 8.51. The zero-order valence-corrected chi connectivity index (χ0v) is 13.8. The third-order valence-corrected chi connectivity index (χ3v) is 3.85. The zero-order chi connectivity index (χ0) is 15.1. The van der Waals surface area contributed by atoms with E-state index in [1.807, 2.05) is 6.07 Å². The Balaban J connectivity index is 2.00. The second-order valence-electron chi connectivity index (χ2n) is 5.39. The number of rotatable bonds is 8. The second kappa shape index (κ2) is 7.98. The maximum Gasteiger partial charge on any atom is 0.135 e. The highest BCUT2D eigenvalue weighted by atomic mass is 32.1. The summed E-state index contributed by atoms with van der Waals surface area (Å²) in [4.78, 5) is 9.17. The van der Waals surface area contributed by atoms with Crippen LogP contribution in [0, 0.1) is 0 Å². The van der Waals surface area contributed by atoms with Crippen molar-refractivity contribution in [1.29, 1.82) is 0 Å². The van der Waals surface area contributed by atoms with E-state index in [9.17, 15) is 0 Å². The first kappa shape index (κ1) is 15.8. The molecule has 114 valence electrons. The lowest BCUT2D eigenvalue weighted by Crippen LogP contribution is -2.11. The molecule has 2 rings (SSSR count). The molecule has 0 fully saturated rings. The molecule has 0 saturated carbocycles. The highest BCUT2D eigenvalue weighted by Gasteiger charge is 2.07. The van der Waals surface area contributed by atoms with Crippen LogP contribution in [0.5, 0.6) is 0 Å². The van der Waals surface area contributed by atoms with Gasteiger partial charge in [-0.05, 0) is 35.2 Å². The molecular weight excluding hydrogens is 280 g/mol. The number of aromatic nitrogens is 2. The van der Waals surface area contributed by atoms with E-state index in [-0.39, 0.29) is 0 Å². The minimum Gasteiger partial charge on any atom is -0.370 e. The van der Waals surface area contributed by atoms with E-state index in [0.717, 1.165) is 43.4 Å². The number of hydrogen-bond acceptors (Lipinski definition) is 5. The summed E-state index contributed by atoms with van der Waals surface area (Å²) in [6.07, 6.45) is 2.10. The molecule has 5 heteroatoms. The molecule has 0 aromatic carbocycles. The molecule has 0 amide bonds. The molecule has 0 radical (unpaired) electrons. The highest BCUT2D eigenvalue weighted by Crippen LogP contribution is 2.17. The van der Waals surface area contributed by atoms with Crippen LogP contribution in [0.15, 0.2) is 22.9 Å². The number of thiophene rings is 1. The Morgan fingerprint density at radius 3 is 2.43 bits per heavy atom. The Labute approximate surface area is 131 Å². The lowest BCUT2D eigenvalue weighted by molar-refractivity contribution is 0.773. The van der Waals surface area contributed by atoms with Crippen molar-refractivity contribution in [2.75, 3.05) is 23.7 Å². The molecule has 2 heterocycles. The largest absolute Gasteiger partial charge is 0.370 e. The maximum atomic E-state index is 4.60. The van der Waals surface area contributed by atoms with Crippen LogP contribution >= 0.6 is 11.3 Å². The van der Waals surface area contributed by atoms with Gasteiger partial charge in [-0.15, -0.1) is 0 Å². The van der Waals surface area contributed by atoms with Crippen LogP contribution in [-0.2, 0) is 6.42 Å². The van der Waals surface area contributed by atoms with Crippen molar-refractivity contribution in [3.63, 3.8) is 0 Å². The summed E-state index contributed by atoms with van der Waals surface area (Å²) in [6, 6.07) is 4.16. The van der Waals surface area contributed by atoms with Gasteiger partial charge >= 0.3 is 0 Å². The van der Waals surface area contributed by atoms with E-state index in [1.165, 1.54) is 5.56 Å². The van der Waals surface area contributed by atoms with Gasteiger partial charge in [0, 0.05) is 25.1 Å². The van der Waals surface area contributed by atoms with Gasteiger partial charge in [0.05, 0.1) is 0 Å². The van der Waals surface area contributed by atoms with Crippen molar-refractivity contribution in [1.82, 2.24) is 9.97 Å². The molecule has 21 heavy (non-hydrogen) atoms. The SMILES string of the molecule is CCCNc1cc(NCCc2ccsc2)nc(C(C)C)n1. The molecule has 0 unspecified atom stereocenters. The van der Waals surface area contributed by atoms with E-state index in [1.54, 1.807) is 11.3 Å². The average molecular weight is 304 g/mol. The first-order chi connectivity index (χ1) is 10.2. The topological polar surface area (TPSA) is 49.8 Å². The summed E-state index contributed by atoms with van der Waals surface area (Å²) in [5.41, 5.74) is 1.37. The molecular formula is C16H24N4S. The third kappa shape index (κ3) is 5.01. The summed E-state index contributed by atoms with van der Waals surface area (Å²) in [7, 11) is 0. The third-order valence-electron chi connectivity index (χ3n) is 3.12. The molecule has 0 bridgehead atoms. The van der Waals surface area contributed by atoms with Crippen LogP contribution in [0.3, 0.4) is 0 Å². The van der Waals surface area contributed by atoms with Crippen LogP contribution < -0.4 is 10.6 Å². The van der Waals surface area contributed by atoms with Crippen LogP contribution in [0.25, 0.3) is 0 Å². The van der Waals surface area contributed by atoms with E-state index in [0.29, 0.717) is 5.92 Å². The second-order valence-corrected chi connectivity index (χ2v) is 6.17. The Bertz CT molecular complexity index is 537. The van der Waals surface area contributed by atoms with Gasteiger partial charge in [-0.3, -0.25) is 0 Å². The molecule has 0 aliphatic rings. The smallest absolute Gasteiger partial charge is 0.135 e. The molecule has 0 saturated heterocycles. The van der Waals surface area contributed by atoms with Gasteiger partial charge in [-0.25, -0.2) is 9.97 Å². The molecule has 2 N–H and O–H groups in total. The fourth-order valence-corrected chi connectivity index (χ4v) is 2.63. The van der Waals surface area contributed by atoms with Crippen molar-refractivity contribution in [2.45, 2.75) is 39.5 Å². The number of anilines is 2. The minimum absolute atomic E-state index is 0.325. The number of hydrogen-bond donors (Lipinski definition) is 2. The van der Waals surface area contributed by atoms with Crippen molar-refractivity contribution >= 4 is 23.0 Å². The minimum atomic E-state index is 0.325. The quantitative estimate of drug-likeness (QED) is 0.769. The van der Waals surface area contributed by atoms with Crippen molar-refractivity contribution < 1.29 is 0 Å². The van der Waals surface area contributed by atoms with Crippen molar-refractivity contribution in [3.05, 3.63) is 34.3 Å². The highest BCUT2D eigenvalue weighted by molar-refractivity contribution is 7.07. The first-order valence-electron chi connectivity index (χ1n) is 7.57. The monoisotopic (exact) mass is 304 g/mol. The van der Waals surface area contributed by atoms with Gasteiger partial charge in [0.2, 0.25) is 0 Å². The maximum absolute atomic E-state index is 4.60. The van der Waals surface area contributed by atoms with Gasteiger partial charge in [0.1, 0.15) is 17.5 Å². The molecule has 0 aliphatic carbocycles. The van der Waals surface area contributed by atoms with E-state index >= 15 is 0 Å². The summed E-state index contributed by atoms with van der Waals surface area (Å²) in [5, 5.41) is 11.1. The molecule has 2 aromatic rings. The Morgan fingerprint density at radius 2 is 1.86 bits per heavy atom. The van der Waals surface area contributed by atoms with E-state index in [2.05, 4.69) is 58.2 Å². The molecule has 0 aliphatic heterocycles. The molecule has 0 spiro atoms. The van der Waals surface area contributed by atoms with Crippen LogP contribution in [0.4, 0.5) is 11.6 Å². The zero-order valence-electron chi connectivity index (χ0n) is 13.0. The predicted molar refractivity (Wildman–Crippen MR) is 91.4 cm³/mol. The Hall–Kier alpha value is -1.62. The van der Waals surface area contributed by atoms with Crippen LogP contribution in [0.2, 0.25) is 0 Å². The van der Waals surface area contributed by atoms with Gasteiger partial charge in [-0.1, -0.05) is 20.8 Å². The number of nitrogens with one attached hydrogen (secondary N) is 2. The molecule has 0 atom stereocenters. The van der Waals surface area contributed by atoms with Crippen molar-refractivity contribution in [3.8, 4) is 0 Å². The lowest BCUT2D eigenvalue weighted by atomic mass is 10.2. The summed E-state index contributed by atoms with van der Waals surface area (Å²) in [6.45, 7) is 8.21. The standard InChI is InChI=1S/C16H24N4S/c1-4-7-17-14-10-15(20-16(19-14)12(2)3)18-8-5-13-6-9-21-11-13/h6,9-12H,4-5,7-8H2,1-3H3,(H2,17,18,19,20). The van der Waals surface area contributed by atoms with Gasteiger partial charge in [0.15, 0.2) is 0 Å². The predicted octanol–water partition coefficient (Wildman–Crippen LogP) is 4.14. The van der Waals surface area contributed by atoms with E-state index in [4.69, 9.17) is 0 Å². The normalized spacial score (nSPS) is 10.9. The molecule has 2 aromatic heterocycles. The van der Waals surface area contributed by atoms with Crippen molar-refractivity contribution in [2.24, 2.45) is 0 Å². The lowest BCUT2D eigenvalue weighted by Gasteiger charge is -2.12. The fraction of sp³-hybridized carbons (Fsp3) is 0.500.